The molecular weight excluding hydrogens is 661 g/mol. The quantitative estimate of drug-likeness (QED) is 0.0949. The Kier molecular flexibility index (Phi) is 11.7. The van der Waals surface area contributed by atoms with Crippen LogP contribution in [0.1, 0.15) is 52.1 Å². The van der Waals surface area contributed by atoms with Crippen LogP contribution in [0.4, 0.5) is 11.4 Å². The lowest BCUT2D eigenvalue weighted by Crippen LogP contribution is -2.30. The maximum absolute atomic E-state index is 13.7. The molecule has 0 aliphatic carbocycles. The highest BCUT2D eigenvalue weighted by Gasteiger charge is 2.23. The number of nitrogens with one attached hydrogen (secondary N) is 3. The Hall–Kier alpha value is -4.82. The highest BCUT2D eigenvalue weighted by Crippen LogP contribution is 2.37. The van der Waals surface area contributed by atoms with Crippen LogP contribution in [-0.4, -0.2) is 17.7 Å². The number of hydrogen-bond donors (Lipinski definition) is 3. The number of amides is 3. The van der Waals surface area contributed by atoms with Gasteiger partial charge in [-0.1, -0.05) is 116 Å². The summed E-state index contributed by atoms with van der Waals surface area (Å²) in [7, 11) is 0. The van der Waals surface area contributed by atoms with Gasteiger partial charge in [-0.15, -0.1) is 11.8 Å². The largest absolute Gasteiger partial charge is 0.325 e. The van der Waals surface area contributed by atoms with Crippen molar-refractivity contribution in [3.63, 3.8) is 0 Å². The van der Waals surface area contributed by atoms with Crippen molar-refractivity contribution in [3.8, 4) is 0 Å². The number of thioether (sulfide) groups is 1. The van der Waals surface area contributed by atoms with Gasteiger partial charge in [-0.3, -0.25) is 14.4 Å². The Bertz CT molecular complexity index is 1930. The lowest BCUT2D eigenvalue weighted by Gasteiger charge is -2.18. The number of carbonyl (C=O) groups is 3. The fourth-order valence-corrected chi connectivity index (χ4v) is 6.22. The first-order chi connectivity index (χ1) is 23.2. The molecule has 1 atom stereocenters. The summed E-state index contributed by atoms with van der Waals surface area (Å²) in [6.07, 6.45) is 1.48. The normalized spacial score (nSPS) is 11.9. The molecule has 242 valence electrons. The zero-order valence-electron chi connectivity index (χ0n) is 26.2. The van der Waals surface area contributed by atoms with E-state index < -0.39 is 17.1 Å². The molecular formula is C39H33Cl2N3O3S. The molecule has 5 aromatic rings. The predicted molar refractivity (Wildman–Crippen MR) is 198 cm³/mol. The third-order valence-corrected chi connectivity index (χ3v) is 9.42. The van der Waals surface area contributed by atoms with Crippen molar-refractivity contribution in [1.82, 2.24) is 5.32 Å². The highest BCUT2D eigenvalue weighted by molar-refractivity contribution is 8.00. The average Bonchev–Trinajstić information content (AvgIpc) is 3.10. The number of rotatable bonds is 11. The van der Waals surface area contributed by atoms with Crippen LogP contribution in [0.5, 0.6) is 0 Å². The maximum atomic E-state index is 13.7. The maximum Gasteiger partial charge on any atom is 0.272 e. The van der Waals surface area contributed by atoms with Crippen molar-refractivity contribution in [3.05, 3.63) is 165 Å². The van der Waals surface area contributed by atoms with Crippen LogP contribution in [-0.2, 0) is 9.59 Å². The monoisotopic (exact) mass is 693 g/mol. The van der Waals surface area contributed by atoms with Crippen molar-refractivity contribution >= 4 is 70.1 Å². The van der Waals surface area contributed by atoms with Gasteiger partial charge in [0, 0.05) is 21.8 Å². The van der Waals surface area contributed by atoms with Gasteiger partial charge in [-0.2, -0.15) is 0 Å². The molecule has 0 aliphatic rings. The van der Waals surface area contributed by atoms with E-state index in [9.17, 15) is 14.4 Å². The van der Waals surface area contributed by atoms with Gasteiger partial charge >= 0.3 is 0 Å². The van der Waals surface area contributed by atoms with E-state index >= 15 is 0 Å². The van der Waals surface area contributed by atoms with Gasteiger partial charge in [0.05, 0.1) is 10.0 Å². The number of hydrogen-bond acceptors (Lipinski definition) is 4. The third-order valence-electron chi connectivity index (χ3n) is 7.34. The van der Waals surface area contributed by atoms with Crippen LogP contribution in [0, 0.1) is 0 Å². The summed E-state index contributed by atoms with van der Waals surface area (Å²) in [5.74, 6) is -0.823. The van der Waals surface area contributed by atoms with Crippen molar-refractivity contribution < 1.29 is 14.4 Å². The summed E-state index contributed by atoms with van der Waals surface area (Å²) in [5.41, 5.74) is 4.02. The first kappa shape index (κ1) is 34.5. The Balaban J connectivity index is 1.38. The Morgan fingerprint density at radius 2 is 1.35 bits per heavy atom. The molecule has 3 amide bonds. The van der Waals surface area contributed by atoms with E-state index in [1.54, 1.807) is 66.7 Å². The average molecular weight is 695 g/mol. The molecule has 0 heterocycles. The van der Waals surface area contributed by atoms with Gasteiger partial charge in [0.1, 0.15) is 10.9 Å². The summed E-state index contributed by atoms with van der Waals surface area (Å²) in [5, 5.41) is 8.63. The fraction of sp³-hybridized carbons (Fsp3) is 0.103. The molecule has 0 aliphatic heterocycles. The molecule has 0 saturated heterocycles. The van der Waals surface area contributed by atoms with Gasteiger partial charge in [-0.25, -0.2) is 0 Å². The molecule has 0 saturated carbocycles. The van der Waals surface area contributed by atoms with Crippen molar-refractivity contribution in [2.24, 2.45) is 0 Å². The Morgan fingerprint density at radius 3 is 2.04 bits per heavy atom. The number of benzene rings is 5. The molecule has 6 nitrogen and oxygen atoms in total. The number of carbonyl (C=O) groups excluding carboxylic acids is 3. The molecule has 48 heavy (non-hydrogen) atoms. The molecule has 0 fully saturated rings. The molecule has 0 radical (unpaired) electrons. The van der Waals surface area contributed by atoms with Gasteiger partial charge < -0.3 is 16.0 Å². The van der Waals surface area contributed by atoms with Crippen LogP contribution in [0.3, 0.4) is 0 Å². The molecule has 0 spiro atoms. The summed E-state index contributed by atoms with van der Waals surface area (Å²) in [6.45, 7) is 4.25. The molecule has 3 N–H and O–H groups in total. The Morgan fingerprint density at radius 1 is 0.688 bits per heavy atom. The van der Waals surface area contributed by atoms with E-state index in [0.29, 0.717) is 33.4 Å². The van der Waals surface area contributed by atoms with Gasteiger partial charge in [0.2, 0.25) is 5.91 Å². The molecule has 5 aromatic carbocycles. The minimum Gasteiger partial charge on any atom is -0.325 e. The van der Waals surface area contributed by atoms with Crippen molar-refractivity contribution in [2.45, 2.75) is 29.9 Å². The third kappa shape index (κ3) is 9.16. The first-order valence-electron chi connectivity index (χ1n) is 15.2. The second kappa shape index (κ2) is 16.3. The standard InChI is InChI=1S/C39H33Cl2N3O3S/c1-25(2)26-19-21-30(22-20-26)42-39(47)36(27-11-5-3-6-12-27)48-32-17-10-16-31(24-32)43-38(46)34(23-29-15-9-18-33(40)35(29)41)44-37(45)28-13-7-4-8-14-28/h3-25,36H,1-2H3,(H,42,47)(H,43,46)(H,44,45)/b34-23+. The van der Waals surface area contributed by atoms with Crippen LogP contribution in [0.15, 0.2) is 138 Å². The summed E-state index contributed by atoms with van der Waals surface area (Å²) in [4.78, 5) is 41.2. The van der Waals surface area contributed by atoms with E-state index in [4.69, 9.17) is 23.2 Å². The molecule has 0 aromatic heterocycles. The second-order valence-electron chi connectivity index (χ2n) is 11.2. The highest BCUT2D eigenvalue weighted by atomic mass is 35.5. The smallest absolute Gasteiger partial charge is 0.272 e. The fourth-order valence-electron chi connectivity index (χ4n) is 4.77. The molecule has 9 heteroatoms. The van der Waals surface area contributed by atoms with Crippen LogP contribution >= 0.6 is 35.0 Å². The van der Waals surface area contributed by atoms with Crippen LogP contribution < -0.4 is 16.0 Å². The number of anilines is 2. The minimum atomic E-state index is -0.576. The van der Waals surface area contributed by atoms with Gasteiger partial charge in [0.15, 0.2) is 0 Å². The zero-order valence-corrected chi connectivity index (χ0v) is 28.6. The summed E-state index contributed by atoms with van der Waals surface area (Å²) < 4.78 is 0. The lowest BCUT2D eigenvalue weighted by molar-refractivity contribution is -0.116. The predicted octanol–water partition coefficient (Wildman–Crippen LogP) is 10.00. The van der Waals surface area contributed by atoms with E-state index in [-0.39, 0.29) is 16.6 Å². The van der Waals surface area contributed by atoms with Gasteiger partial charge in [0.25, 0.3) is 11.8 Å². The van der Waals surface area contributed by atoms with Crippen molar-refractivity contribution in [2.75, 3.05) is 10.6 Å². The van der Waals surface area contributed by atoms with E-state index in [1.807, 2.05) is 60.7 Å². The van der Waals surface area contributed by atoms with Gasteiger partial charge in [-0.05, 0) is 77.2 Å². The van der Waals surface area contributed by atoms with E-state index in [2.05, 4.69) is 29.8 Å². The Labute approximate surface area is 294 Å². The van der Waals surface area contributed by atoms with E-state index in [0.717, 1.165) is 10.5 Å². The SMILES string of the molecule is CC(C)c1ccc(NC(=O)C(Sc2cccc(NC(=O)/C(=C\c3cccc(Cl)c3Cl)NC(=O)c3ccccc3)c2)c2ccccc2)cc1. The summed E-state index contributed by atoms with van der Waals surface area (Å²) >= 11 is 14.0. The van der Waals surface area contributed by atoms with E-state index in [1.165, 1.54) is 23.4 Å². The molecule has 1 unspecified atom stereocenters. The topological polar surface area (TPSA) is 87.3 Å². The lowest BCUT2D eigenvalue weighted by atomic mass is 10.0. The molecule has 0 bridgehead atoms. The first-order valence-corrected chi connectivity index (χ1v) is 16.9. The second-order valence-corrected chi connectivity index (χ2v) is 13.1. The van der Waals surface area contributed by atoms with Crippen LogP contribution in [0.25, 0.3) is 6.08 Å². The van der Waals surface area contributed by atoms with Crippen LogP contribution in [0.2, 0.25) is 10.0 Å². The minimum absolute atomic E-state index is 0.0314. The van der Waals surface area contributed by atoms with Crippen molar-refractivity contribution in [1.29, 1.82) is 0 Å². The zero-order chi connectivity index (χ0) is 34.0. The number of halogens is 2. The molecule has 5 rings (SSSR count). The summed E-state index contributed by atoms with van der Waals surface area (Å²) in [6, 6.07) is 38.2.